The van der Waals surface area contributed by atoms with Gasteiger partial charge in [-0.05, 0) is 5.56 Å². The lowest BCUT2D eigenvalue weighted by Crippen LogP contribution is -2.27. The molecule has 2 aromatic rings. The predicted molar refractivity (Wildman–Crippen MR) is 71.5 cm³/mol. The average Bonchev–Trinajstić information content (AvgIpc) is 2.81. The third-order valence-electron chi connectivity index (χ3n) is 2.30. The molecule has 19 heavy (non-hydrogen) atoms. The molecule has 1 atom stereocenters. The Morgan fingerprint density at radius 2 is 2.00 bits per heavy atom. The Bertz CT molecular complexity index is 653. The molecule has 0 fully saturated rings. The van der Waals surface area contributed by atoms with Gasteiger partial charge in [0.25, 0.3) is 16.0 Å². The number of carbonyl (C=O) groups excluding carboxylic acids is 1. The SMILES string of the molecule is O=C(Nc1nccs1)C(c1ccccc1)S(=O)(=O)O. The van der Waals surface area contributed by atoms with Gasteiger partial charge in [0.2, 0.25) is 0 Å². The minimum absolute atomic E-state index is 0.194. The molecule has 100 valence electrons. The van der Waals surface area contributed by atoms with Gasteiger partial charge in [-0.3, -0.25) is 9.35 Å². The minimum atomic E-state index is -4.56. The van der Waals surface area contributed by atoms with Crippen LogP contribution in [0.2, 0.25) is 0 Å². The number of anilines is 1. The summed E-state index contributed by atoms with van der Waals surface area (Å²) in [7, 11) is -4.56. The molecule has 0 aliphatic rings. The van der Waals surface area contributed by atoms with Crippen LogP contribution in [0.1, 0.15) is 10.8 Å². The largest absolute Gasteiger partial charge is 0.300 e. The molecule has 1 amide bonds. The van der Waals surface area contributed by atoms with Crippen LogP contribution in [0.15, 0.2) is 41.9 Å². The zero-order chi connectivity index (χ0) is 13.9. The van der Waals surface area contributed by atoms with E-state index >= 15 is 0 Å². The van der Waals surface area contributed by atoms with E-state index in [0.29, 0.717) is 0 Å². The van der Waals surface area contributed by atoms with Gasteiger partial charge in [0.15, 0.2) is 10.4 Å². The summed E-state index contributed by atoms with van der Waals surface area (Å²) in [6, 6.07) is 7.78. The van der Waals surface area contributed by atoms with Gasteiger partial charge in [-0.25, -0.2) is 4.98 Å². The standard InChI is InChI=1S/C11H10N2O4S2/c14-10(13-11-12-6-7-18-11)9(19(15,16)17)8-4-2-1-3-5-8/h1-7,9H,(H,12,13,14)(H,15,16,17). The monoisotopic (exact) mass is 298 g/mol. The molecule has 0 bridgehead atoms. The van der Waals surface area contributed by atoms with Crippen molar-refractivity contribution < 1.29 is 17.8 Å². The van der Waals surface area contributed by atoms with Gasteiger partial charge < -0.3 is 5.32 Å². The van der Waals surface area contributed by atoms with Crippen molar-refractivity contribution in [2.45, 2.75) is 5.25 Å². The third kappa shape index (κ3) is 3.37. The summed E-state index contributed by atoms with van der Waals surface area (Å²) in [5, 5.41) is 2.60. The van der Waals surface area contributed by atoms with E-state index in [1.54, 1.807) is 23.6 Å². The second-order valence-electron chi connectivity index (χ2n) is 3.63. The van der Waals surface area contributed by atoms with Crippen LogP contribution in [0, 0.1) is 0 Å². The molecule has 2 rings (SSSR count). The smallest absolute Gasteiger partial charge is 0.281 e. The van der Waals surface area contributed by atoms with E-state index in [9.17, 15) is 17.8 Å². The van der Waals surface area contributed by atoms with Crippen molar-refractivity contribution in [3.8, 4) is 0 Å². The van der Waals surface area contributed by atoms with Crippen LogP contribution in [0.4, 0.5) is 5.13 Å². The Morgan fingerprint density at radius 1 is 1.32 bits per heavy atom. The van der Waals surface area contributed by atoms with E-state index in [0.717, 1.165) is 11.3 Å². The number of nitrogens with zero attached hydrogens (tertiary/aromatic N) is 1. The first-order valence-electron chi connectivity index (χ1n) is 5.20. The van der Waals surface area contributed by atoms with E-state index in [4.69, 9.17) is 0 Å². The molecule has 0 saturated carbocycles. The summed E-state index contributed by atoms with van der Waals surface area (Å²) in [5.41, 5.74) is 0.194. The van der Waals surface area contributed by atoms with E-state index in [1.165, 1.54) is 18.3 Å². The molecular weight excluding hydrogens is 288 g/mol. The molecule has 0 aliphatic carbocycles. The number of hydrogen-bond acceptors (Lipinski definition) is 5. The maximum Gasteiger partial charge on any atom is 0.281 e. The Balaban J connectivity index is 2.32. The number of aromatic nitrogens is 1. The highest BCUT2D eigenvalue weighted by Gasteiger charge is 2.33. The van der Waals surface area contributed by atoms with E-state index in [2.05, 4.69) is 10.3 Å². The lowest BCUT2D eigenvalue weighted by molar-refractivity contribution is -0.116. The Labute approximate surface area is 113 Å². The first-order valence-corrected chi connectivity index (χ1v) is 7.58. The molecule has 0 spiro atoms. The van der Waals surface area contributed by atoms with Crippen LogP contribution >= 0.6 is 11.3 Å². The molecule has 1 unspecified atom stereocenters. The second-order valence-corrected chi connectivity index (χ2v) is 6.03. The first-order chi connectivity index (χ1) is 8.98. The summed E-state index contributed by atoms with van der Waals surface area (Å²) in [4.78, 5) is 15.8. The fourth-order valence-electron chi connectivity index (χ4n) is 1.54. The summed E-state index contributed by atoms with van der Waals surface area (Å²) < 4.78 is 32.0. The van der Waals surface area contributed by atoms with Crippen molar-refractivity contribution in [1.29, 1.82) is 0 Å². The fraction of sp³-hybridized carbons (Fsp3) is 0.0909. The highest BCUT2D eigenvalue weighted by Crippen LogP contribution is 2.23. The topological polar surface area (TPSA) is 96.4 Å². The molecule has 6 nitrogen and oxygen atoms in total. The van der Waals surface area contributed by atoms with Crippen LogP contribution in [0.5, 0.6) is 0 Å². The normalized spacial score (nSPS) is 12.9. The number of carbonyl (C=O) groups is 1. The Hall–Kier alpha value is -1.77. The number of rotatable bonds is 4. The molecule has 0 radical (unpaired) electrons. The van der Waals surface area contributed by atoms with Crippen molar-refractivity contribution in [2.75, 3.05) is 5.32 Å². The van der Waals surface area contributed by atoms with Crippen LogP contribution in [-0.2, 0) is 14.9 Å². The first kappa shape index (κ1) is 13.7. The molecular formula is C11H10N2O4S2. The second kappa shape index (κ2) is 5.47. The van der Waals surface area contributed by atoms with Gasteiger partial charge >= 0.3 is 0 Å². The summed E-state index contributed by atoms with van der Waals surface area (Å²) in [6.45, 7) is 0. The third-order valence-corrected chi connectivity index (χ3v) is 4.07. The summed E-state index contributed by atoms with van der Waals surface area (Å²) in [5.74, 6) is -0.844. The Morgan fingerprint density at radius 3 is 2.53 bits per heavy atom. The summed E-state index contributed by atoms with van der Waals surface area (Å²) in [6.07, 6.45) is 1.48. The van der Waals surface area contributed by atoms with Crippen molar-refractivity contribution in [2.24, 2.45) is 0 Å². The molecule has 0 aliphatic heterocycles. The minimum Gasteiger partial charge on any atom is -0.300 e. The lowest BCUT2D eigenvalue weighted by Gasteiger charge is -2.13. The van der Waals surface area contributed by atoms with E-state index < -0.39 is 21.3 Å². The van der Waals surface area contributed by atoms with Crippen LogP contribution in [-0.4, -0.2) is 23.9 Å². The molecule has 1 aromatic carbocycles. The lowest BCUT2D eigenvalue weighted by atomic mass is 10.1. The molecule has 1 heterocycles. The quantitative estimate of drug-likeness (QED) is 0.838. The van der Waals surface area contributed by atoms with E-state index in [-0.39, 0.29) is 10.7 Å². The average molecular weight is 298 g/mol. The van der Waals surface area contributed by atoms with E-state index in [1.807, 2.05) is 0 Å². The molecule has 0 saturated heterocycles. The fourth-order valence-corrected chi connectivity index (χ4v) is 2.90. The van der Waals surface area contributed by atoms with Crippen LogP contribution in [0.25, 0.3) is 0 Å². The van der Waals surface area contributed by atoms with Gasteiger partial charge in [0, 0.05) is 11.6 Å². The predicted octanol–water partition coefficient (Wildman–Crippen LogP) is 1.71. The van der Waals surface area contributed by atoms with Crippen molar-refractivity contribution in [3.05, 3.63) is 47.5 Å². The zero-order valence-electron chi connectivity index (χ0n) is 9.55. The highest BCUT2D eigenvalue weighted by molar-refractivity contribution is 7.86. The van der Waals surface area contributed by atoms with Gasteiger partial charge in [-0.1, -0.05) is 30.3 Å². The van der Waals surface area contributed by atoms with Crippen LogP contribution < -0.4 is 5.32 Å². The Kier molecular flexibility index (Phi) is 3.93. The molecule has 8 heteroatoms. The molecule has 2 N–H and O–H groups in total. The summed E-state index contributed by atoms with van der Waals surface area (Å²) >= 11 is 1.15. The van der Waals surface area contributed by atoms with Crippen molar-refractivity contribution in [1.82, 2.24) is 4.98 Å². The number of thiazole rings is 1. The highest BCUT2D eigenvalue weighted by atomic mass is 32.2. The molecule has 1 aromatic heterocycles. The number of nitrogens with one attached hydrogen (secondary N) is 1. The van der Waals surface area contributed by atoms with Crippen molar-refractivity contribution in [3.63, 3.8) is 0 Å². The van der Waals surface area contributed by atoms with Gasteiger partial charge in [-0.2, -0.15) is 8.42 Å². The van der Waals surface area contributed by atoms with Gasteiger partial charge in [0.05, 0.1) is 0 Å². The number of amides is 1. The number of benzene rings is 1. The maximum atomic E-state index is 12.0. The van der Waals surface area contributed by atoms with Crippen molar-refractivity contribution >= 4 is 32.5 Å². The van der Waals surface area contributed by atoms with Gasteiger partial charge in [0.1, 0.15) is 0 Å². The zero-order valence-corrected chi connectivity index (χ0v) is 11.2. The maximum absolute atomic E-state index is 12.0. The van der Waals surface area contributed by atoms with Crippen LogP contribution in [0.3, 0.4) is 0 Å². The van der Waals surface area contributed by atoms with Gasteiger partial charge in [-0.15, -0.1) is 11.3 Å². The number of hydrogen-bond donors (Lipinski definition) is 2.